The SMILES string of the molecule is Cn1nc(NC2(C(=O)O)CCOCC2)c(=O)n(C)c1=O. The van der Waals surface area contributed by atoms with Gasteiger partial charge in [-0.25, -0.2) is 14.3 Å². The van der Waals surface area contributed by atoms with Crippen molar-refractivity contribution in [3.8, 4) is 0 Å². The van der Waals surface area contributed by atoms with Crippen molar-refractivity contribution < 1.29 is 14.6 Å². The molecule has 0 saturated carbocycles. The van der Waals surface area contributed by atoms with Gasteiger partial charge in [0.2, 0.25) is 5.82 Å². The largest absolute Gasteiger partial charge is 0.480 e. The Morgan fingerprint density at radius 1 is 1.35 bits per heavy atom. The number of carboxylic acid groups (broad SMARTS) is 1. The van der Waals surface area contributed by atoms with E-state index < -0.39 is 22.8 Å². The Labute approximate surface area is 113 Å². The lowest BCUT2D eigenvalue weighted by Crippen LogP contribution is -2.53. The molecule has 9 nitrogen and oxygen atoms in total. The highest BCUT2D eigenvalue weighted by Gasteiger charge is 2.41. The van der Waals surface area contributed by atoms with Crippen LogP contribution in [0.1, 0.15) is 12.8 Å². The predicted molar refractivity (Wildman–Crippen MR) is 68.8 cm³/mol. The zero-order chi connectivity index (χ0) is 14.9. The Morgan fingerprint density at radius 2 is 1.95 bits per heavy atom. The van der Waals surface area contributed by atoms with Crippen LogP contribution in [-0.4, -0.2) is 44.2 Å². The monoisotopic (exact) mass is 284 g/mol. The molecule has 2 N–H and O–H groups in total. The fourth-order valence-corrected chi connectivity index (χ4v) is 2.12. The van der Waals surface area contributed by atoms with Gasteiger partial charge in [0.15, 0.2) is 0 Å². The minimum Gasteiger partial charge on any atom is -0.480 e. The first-order valence-electron chi connectivity index (χ1n) is 6.11. The first kappa shape index (κ1) is 14.3. The molecule has 1 aromatic rings. The van der Waals surface area contributed by atoms with Gasteiger partial charge in [0.05, 0.1) is 0 Å². The van der Waals surface area contributed by atoms with Crippen molar-refractivity contribution in [3.05, 3.63) is 20.8 Å². The van der Waals surface area contributed by atoms with Crippen molar-refractivity contribution in [2.75, 3.05) is 18.5 Å². The molecule has 1 aliphatic rings. The number of rotatable bonds is 3. The van der Waals surface area contributed by atoms with Gasteiger partial charge >= 0.3 is 11.7 Å². The first-order valence-corrected chi connectivity index (χ1v) is 6.11. The fourth-order valence-electron chi connectivity index (χ4n) is 2.12. The van der Waals surface area contributed by atoms with Crippen LogP contribution in [0.15, 0.2) is 9.59 Å². The lowest BCUT2D eigenvalue weighted by Gasteiger charge is -2.34. The zero-order valence-electron chi connectivity index (χ0n) is 11.3. The molecule has 2 heterocycles. The molecule has 0 atom stereocenters. The molecule has 20 heavy (non-hydrogen) atoms. The molecule has 0 aromatic carbocycles. The molecule has 1 aliphatic heterocycles. The standard InChI is InChI=1S/C11H16N4O5/c1-14-8(16)7(13-15(2)10(14)19)12-11(9(17)18)3-5-20-6-4-11/h3-6H2,1-2H3,(H,12,13)(H,17,18). The van der Waals surface area contributed by atoms with Gasteiger partial charge < -0.3 is 15.2 Å². The number of aliphatic carboxylic acids is 1. The van der Waals surface area contributed by atoms with Gasteiger partial charge in [0.1, 0.15) is 5.54 Å². The summed E-state index contributed by atoms with van der Waals surface area (Å²) < 4.78 is 7.01. The third-order valence-corrected chi connectivity index (χ3v) is 3.43. The van der Waals surface area contributed by atoms with Crippen LogP contribution in [0, 0.1) is 0 Å². The van der Waals surface area contributed by atoms with Crippen LogP contribution in [-0.2, 0) is 23.6 Å². The quantitative estimate of drug-likeness (QED) is 0.695. The summed E-state index contributed by atoms with van der Waals surface area (Å²) in [7, 11) is 2.71. The molecular weight excluding hydrogens is 268 g/mol. The molecular formula is C11H16N4O5. The Balaban J connectivity index is 2.45. The predicted octanol–water partition coefficient (Wildman–Crippen LogP) is -1.48. The smallest absolute Gasteiger partial charge is 0.346 e. The van der Waals surface area contributed by atoms with Crippen LogP contribution in [0.5, 0.6) is 0 Å². The topological polar surface area (TPSA) is 115 Å². The van der Waals surface area contributed by atoms with Crippen molar-refractivity contribution in [2.24, 2.45) is 14.1 Å². The molecule has 0 amide bonds. The lowest BCUT2D eigenvalue weighted by atomic mass is 9.90. The van der Waals surface area contributed by atoms with E-state index >= 15 is 0 Å². The summed E-state index contributed by atoms with van der Waals surface area (Å²) in [5, 5.41) is 15.9. The summed E-state index contributed by atoms with van der Waals surface area (Å²) in [4.78, 5) is 35.0. The lowest BCUT2D eigenvalue weighted by molar-refractivity contribution is -0.145. The molecule has 110 valence electrons. The second-order valence-electron chi connectivity index (χ2n) is 4.74. The molecule has 0 aliphatic carbocycles. The summed E-state index contributed by atoms with van der Waals surface area (Å²) in [6, 6.07) is 0. The first-order chi connectivity index (χ1) is 9.37. The van der Waals surface area contributed by atoms with Crippen molar-refractivity contribution in [2.45, 2.75) is 18.4 Å². The summed E-state index contributed by atoms with van der Waals surface area (Å²) in [6.45, 7) is 0.566. The number of hydrogen-bond donors (Lipinski definition) is 2. The Bertz CT molecular complexity index is 641. The van der Waals surface area contributed by atoms with E-state index in [1.54, 1.807) is 0 Å². The van der Waals surface area contributed by atoms with Crippen LogP contribution in [0.4, 0.5) is 5.82 Å². The van der Waals surface area contributed by atoms with E-state index in [2.05, 4.69) is 10.4 Å². The summed E-state index contributed by atoms with van der Waals surface area (Å²) in [6.07, 6.45) is 0.437. The van der Waals surface area contributed by atoms with E-state index in [1.807, 2.05) is 0 Å². The van der Waals surface area contributed by atoms with Crippen LogP contribution in [0.2, 0.25) is 0 Å². The second-order valence-corrected chi connectivity index (χ2v) is 4.74. The summed E-state index contributed by atoms with van der Waals surface area (Å²) >= 11 is 0. The Kier molecular flexibility index (Phi) is 3.62. The number of aryl methyl sites for hydroxylation is 1. The van der Waals surface area contributed by atoms with Crippen molar-refractivity contribution in [1.82, 2.24) is 14.3 Å². The summed E-state index contributed by atoms with van der Waals surface area (Å²) in [5.41, 5.74) is -2.52. The fraction of sp³-hybridized carbons (Fsp3) is 0.636. The zero-order valence-corrected chi connectivity index (χ0v) is 11.3. The van der Waals surface area contributed by atoms with Gasteiger partial charge in [0.25, 0.3) is 5.56 Å². The van der Waals surface area contributed by atoms with Gasteiger partial charge in [-0.2, -0.15) is 0 Å². The van der Waals surface area contributed by atoms with E-state index in [0.29, 0.717) is 0 Å². The van der Waals surface area contributed by atoms with E-state index in [-0.39, 0.29) is 31.9 Å². The van der Waals surface area contributed by atoms with Gasteiger partial charge in [-0.3, -0.25) is 9.36 Å². The van der Waals surface area contributed by atoms with Crippen LogP contribution >= 0.6 is 0 Å². The number of anilines is 1. The third-order valence-electron chi connectivity index (χ3n) is 3.43. The minimum atomic E-state index is -1.30. The number of carbonyl (C=O) groups is 1. The molecule has 0 unspecified atom stereocenters. The summed E-state index contributed by atoms with van der Waals surface area (Å²) in [5.74, 6) is -1.22. The van der Waals surface area contributed by atoms with Crippen LogP contribution in [0.3, 0.4) is 0 Å². The van der Waals surface area contributed by atoms with Gasteiger partial charge in [-0.05, 0) is 0 Å². The average Bonchev–Trinajstić information content (AvgIpc) is 2.43. The van der Waals surface area contributed by atoms with E-state index in [4.69, 9.17) is 4.74 Å². The highest BCUT2D eigenvalue weighted by molar-refractivity contribution is 5.82. The van der Waals surface area contributed by atoms with Gasteiger partial charge in [-0.15, -0.1) is 5.10 Å². The Hall–Kier alpha value is -2.16. The highest BCUT2D eigenvalue weighted by atomic mass is 16.5. The highest BCUT2D eigenvalue weighted by Crippen LogP contribution is 2.24. The number of carboxylic acids is 1. The normalized spacial score (nSPS) is 17.7. The van der Waals surface area contributed by atoms with Crippen LogP contribution < -0.4 is 16.6 Å². The Morgan fingerprint density at radius 3 is 2.50 bits per heavy atom. The van der Waals surface area contributed by atoms with Gasteiger partial charge in [-0.1, -0.05) is 0 Å². The second kappa shape index (κ2) is 5.08. The molecule has 1 aromatic heterocycles. The number of nitrogens with one attached hydrogen (secondary N) is 1. The van der Waals surface area contributed by atoms with Crippen molar-refractivity contribution in [3.63, 3.8) is 0 Å². The van der Waals surface area contributed by atoms with Gasteiger partial charge in [0, 0.05) is 40.2 Å². The van der Waals surface area contributed by atoms with E-state index in [9.17, 15) is 19.5 Å². The van der Waals surface area contributed by atoms with E-state index in [1.165, 1.54) is 14.1 Å². The molecule has 1 fully saturated rings. The molecule has 0 bridgehead atoms. The molecule has 0 spiro atoms. The molecule has 2 rings (SSSR count). The molecule has 9 heteroatoms. The molecule has 1 saturated heterocycles. The van der Waals surface area contributed by atoms with E-state index in [0.717, 1.165) is 9.25 Å². The van der Waals surface area contributed by atoms with Crippen LogP contribution in [0.25, 0.3) is 0 Å². The maximum Gasteiger partial charge on any atom is 0.346 e. The molecule has 0 radical (unpaired) electrons. The number of aromatic nitrogens is 3. The number of nitrogens with zero attached hydrogens (tertiary/aromatic N) is 3. The van der Waals surface area contributed by atoms with Crippen molar-refractivity contribution in [1.29, 1.82) is 0 Å². The number of ether oxygens (including phenoxy) is 1. The maximum absolute atomic E-state index is 12.0. The maximum atomic E-state index is 12.0. The number of hydrogen-bond acceptors (Lipinski definition) is 6. The third kappa shape index (κ3) is 2.31. The minimum absolute atomic E-state index is 0.154. The average molecular weight is 284 g/mol. The van der Waals surface area contributed by atoms with Crippen molar-refractivity contribution >= 4 is 11.8 Å².